The number of alkyl halides is 1. The average molecular weight is 879 g/mol. The standard InChI is InChI=1S/C40H44FIN8O4S/c1-22(2)35(43)38(51)50(27-10-8-26(41)9-11-27)21-34-45-29-13-7-24-18-25(6-12-28(24)37(29)47-34)31-14-15-32(55-31)30-19-44-33(46-30)20-49(17-16-42)39(52)36(23(3)4)48-40(53)54-5/h6-15,18-19,22-23,35-36H,16-17,20-21,43H2,1-5H3,(H,44,46)(H,45,47)(H,48,53). The molecule has 6 aromatic rings. The van der Waals surface area contributed by atoms with Crippen LogP contribution < -0.4 is 16.0 Å². The lowest BCUT2D eigenvalue weighted by Gasteiger charge is -2.28. The quantitative estimate of drug-likeness (QED) is 0.0646. The van der Waals surface area contributed by atoms with Crippen LogP contribution in [0.1, 0.15) is 39.3 Å². The Labute approximate surface area is 336 Å². The van der Waals surface area contributed by atoms with E-state index in [4.69, 9.17) is 15.5 Å². The summed E-state index contributed by atoms with van der Waals surface area (Å²) in [7, 11) is 1.28. The highest BCUT2D eigenvalue weighted by Gasteiger charge is 2.30. The summed E-state index contributed by atoms with van der Waals surface area (Å²) < 4.78 is 19.2. The molecule has 0 saturated heterocycles. The van der Waals surface area contributed by atoms with Crippen LogP contribution in [0.15, 0.2) is 72.9 Å². The van der Waals surface area contributed by atoms with Crippen LogP contribution in [-0.4, -0.2) is 72.9 Å². The summed E-state index contributed by atoms with van der Waals surface area (Å²) in [4.78, 5) is 60.4. The van der Waals surface area contributed by atoms with Gasteiger partial charge >= 0.3 is 6.09 Å². The largest absolute Gasteiger partial charge is 0.453 e. The number of amides is 3. The number of hydrogen-bond donors (Lipinski definition) is 4. The van der Waals surface area contributed by atoms with Crippen LogP contribution in [-0.2, 0) is 27.4 Å². The molecular weight excluding hydrogens is 834 g/mol. The van der Waals surface area contributed by atoms with Crippen LogP contribution in [0.3, 0.4) is 0 Å². The summed E-state index contributed by atoms with van der Waals surface area (Å²) in [6.07, 6.45) is 1.13. The molecule has 6 rings (SSSR count). The van der Waals surface area contributed by atoms with E-state index in [2.05, 4.69) is 67.1 Å². The summed E-state index contributed by atoms with van der Waals surface area (Å²) in [5.41, 5.74) is 10.3. The fourth-order valence-corrected chi connectivity index (χ4v) is 7.82. The van der Waals surface area contributed by atoms with Crippen molar-refractivity contribution >= 4 is 79.3 Å². The number of nitrogens with zero attached hydrogens (tertiary/aromatic N) is 4. The lowest BCUT2D eigenvalue weighted by molar-refractivity contribution is -0.134. The molecule has 3 amide bonds. The Balaban J connectivity index is 1.20. The average Bonchev–Trinajstić information content (AvgIpc) is 3.95. The molecule has 0 fully saturated rings. The number of alkyl carbamates (subject to hydrolysis) is 1. The molecular formula is C40H44FIN8O4S. The second-order valence-corrected chi connectivity index (χ2v) is 16.1. The normalized spacial score (nSPS) is 12.7. The van der Waals surface area contributed by atoms with E-state index in [1.807, 2.05) is 45.9 Å². The van der Waals surface area contributed by atoms with Gasteiger partial charge in [-0.3, -0.25) is 9.59 Å². The number of benzene rings is 3. The number of halogens is 2. The third-order valence-electron chi connectivity index (χ3n) is 9.42. The van der Waals surface area contributed by atoms with Gasteiger partial charge in [0.05, 0.1) is 54.0 Å². The molecule has 2 atom stereocenters. The molecule has 0 aliphatic heterocycles. The molecule has 55 heavy (non-hydrogen) atoms. The number of ether oxygens (including phenoxy) is 1. The first-order chi connectivity index (χ1) is 26.4. The maximum atomic E-state index is 13.8. The number of aromatic amines is 2. The van der Waals surface area contributed by atoms with E-state index < -0.39 is 18.2 Å². The first kappa shape index (κ1) is 39.8. The SMILES string of the molecule is COC(=O)NC(C(=O)N(CCI)Cc1ncc(-c2ccc(-c3ccc4c(ccc5nc(CN(C(=O)C(N)C(C)C)c6ccc(F)cc6)[nH]c54)c3)s2)[nH]1)C(C)C. The molecule has 0 bridgehead atoms. The number of nitrogens with one attached hydrogen (secondary N) is 3. The first-order valence-corrected chi connectivity index (χ1v) is 20.3. The van der Waals surface area contributed by atoms with Gasteiger partial charge in [0.2, 0.25) is 11.8 Å². The highest BCUT2D eigenvalue weighted by Crippen LogP contribution is 2.36. The number of thiophene rings is 1. The van der Waals surface area contributed by atoms with Crippen LogP contribution >= 0.6 is 33.9 Å². The smallest absolute Gasteiger partial charge is 0.407 e. The minimum absolute atomic E-state index is 0.0824. The number of H-pyrrole nitrogens is 2. The maximum Gasteiger partial charge on any atom is 0.407 e. The molecule has 288 valence electrons. The van der Waals surface area contributed by atoms with Gasteiger partial charge in [-0.2, -0.15) is 0 Å². The number of nitrogens with two attached hydrogens (primary N) is 1. The lowest BCUT2D eigenvalue weighted by Crippen LogP contribution is -2.51. The highest BCUT2D eigenvalue weighted by molar-refractivity contribution is 14.1. The third-order valence-corrected chi connectivity index (χ3v) is 11.1. The predicted molar refractivity (Wildman–Crippen MR) is 223 cm³/mol. The van der Waals surface area contributed by atoms with Gasteiger partial charge in [0.15, 0.2) is 0 Å². The van der Waals surface area contributed by atoms with Gasteiger partial charge in [-0.25, -0.2) is 19.2 Å². The number of hydrogen-bond acceptors (Lipinski definition) is 8. The number of carbonyl (C=O) groups excluding carboxylic acids is 3. The number of fused-ring (bicyclic) bond motifs is 3. The molecule has 2 unspecified atom stereocenters. The van der Waals surface area contributed by atoms with Gasteiger partial charge < -0.3 is 35.6 Å². The van der Waals surface area contributed by atoms with E-state index in [1.165, 1.54) is 19.2 Å². The van der Waals surface area contributed by atoms with Crippen LogP contribution in [0.5, 0.6) is 0 Å². The van der Waals surface area contributed by atoms with Crippen molar-refractivity contribution in [2.75, 3.05) is 23.0 Å². The fraction of sp³-hybridized carbons (Fsp3) is 0.325. The molecule has 0 saturated carbocycles. The summed E-state index contributed by atoms with van der Waals surface area (Å²) in [6.45, 7) is 8.46. The summed E-state index contributed by atoms with van der Waals surface area (Å²) >= 11 is 3.86. The van der Waals surface area contributed by atoms with E-state index in [-0.39, 0.29) is 42.6 Å². The van der Waals surface area contributed by atoms with Crippen molar-refractivity contribution in [3.05, 3.63) is 90.4 Å². The number of methoxy groups -OCH3 is 1. The van der Waals surface area contributed by atoms with Gasteiger partial charge in [-0.15, -0.1) is 11.3 Å². The molecule has 0 radical (unpaired) electrons. The summed E-state index contributed by atoms with van der Waals surface area (Å²) in [5, 5.41) is 4.68. The molecule has 0 spiro atoms. The van der Waals surface area contributed by atoms with Crippen molar-refractivity contribution in [3.63, 3.8) is 0 Å². The van der Waals surface area contributed by atoms with Crippen molar-refractivity contribution < 1.29 is 23.5 Å². The van der Waals surface area contributed by atoms with E-state index in [9.17, 15) is 18.8 Å². The Bertz CT molecular complexity index is 2300. The number of aromatic nitrogens is 4. The molecule has 0 aliphatic carbocycles. The van der Waals surface area contributed by atoms with Crippen LogP contribution in [0.25, 0.3) is 42.8 Å². The highest BCUT2D eigenvalue weighted by atomic mass is 127. The van der Waals surface area contributed by atoms with Crippen LogP contribution in [0, 0.1) is 17.7 Å². The number of imidazole rings is 2. The van der Waals surface area contributed by atoms with Crippen molar-refractivity contribution in [2.24, 2.45) is 17.6 Å². The van der Waals surface area contributed by atoms with Gasteiger partial charge in [0.1, 0.15) is 23.5 Å². The Kier molecular flexibility index (Phi) is 12.5. The van der Waals surface area contributed by atoms with Gasteiger partial charge in [0, 0.05) is 26.9 Å². The topological polar surface area (TPSA) is 162 Å². The van der Waals surface area contributed by atoms with E-state index in [0.29, 0.717) is 23.9 Å². The number of carbonyl (C=O) groups is 3. The van der Waals surface area contributed by atoms with Crippen LogP contribution in [0.2, 0.25) is 0 Å². The van der Waals surface area contributed by atoms with E-state index in [1.54, 1.807) is 39.5 Å². The first-order valence-electron chi connectivity index (χ1n) is 17.9. The second-order valence-electron chi connectivity index (χ2n) is 14.0. The Morgan fingerprint density at radius 1 is 0.927 bits per heavy atom. The molecule has 5 N–H and O–H groups in total. The predicted octanol–water partition coefficient (Wildman–Crippen LogP) is 7.63. The van der Waals surface area contributed by atoms with Crippen molar-refractivity contribution in [1.29, 1.82) is 0 Å². The Morgan fingerprint density at radius 2 is 1.67 bits per heavy atom. The van der Waals surface area contributed by atoms with E-state index >= 15 is 0 Å². The second kappa shape index (κ2) is 17.3. The fourth-order valence-electron chi connectivity index (χ4n) is 6.27. The third kappa shape index (κ3) is 9.00. The van der Waals surface area contributed by atoms with Crippen molar-refractivity contribution in [3.8, 4) is 21.0 Å². The maximum absolute atomic E-state index is 13.8. The van der Waals surface area contributed by atoms with E-state index in [0.717, 1.165) is 47.2 Å². The van der Waals surface area contributed by atoms with Gasteiger partial charge in [-0.1, -0.05) is 68.5 Å². The molecule has 12 nitrogen and oxygen atoms in total. The van der Waals surface area contributed by atoms with Crippen LogP contribution in [0.4, 0.5) is 14.9 Å². The monoisotopic (exact) mass is 878 g/mol. The summed E-state index contributed by atoms with van der Waals surface area (Å²) in [6, 6.07) is 18.7. The van der Waals surface area contributed by atoms with Crippen molar-refractivity contribution in [2.45, 2.75) is 52.9 Å². The molecule has 3 aromatic heterocycles. The summed E-state index contributed by atoms with van der Waals surface area (Å²) in [5.74, 6) is 0.167. The van der Waals surface area contributed by atoms with Gasteiger partial charge in [-0.05, 0) is 71.3 Å². The minimum Gasteiger partial charge on any atom is -0.453 e. The molecule has 15 heteroatoms. The molecule has 0 aliphatic rings. The zero-order valence-electron chi connectivity index (χ0n) is 31.2. The number of anilines is 1. The van der Waals surface area contributed by atoms with Gasteiger partial charge in [0.25, 0.3) is 0 Å². The Hall–Kier alpha value is -4.87. The van der Waals surface area contributed by atoms with Crippen molar-refractivity contribution in [1.82, 2.24) is 30.2 Å². The lowest BCUT2D eigenvalue weighted by atomic mass is 10.0. The zero-order valence-corrected chi connectivity index (χ0v) is 34.2. The molecule has 3 heterocycles. The Morgan fingerprint density at radius 3 is 2.36 bits per heavy atom. The zero-order chi connectivity index (χ0) is 39.4. The minimum atomic E-state index is -0.728. The molecule has 3 aromatic carbocycles. The number of rotatable bonds is 14.